The number of carbonyl (C=O) groups excluding carboxylic acids is 1. The Morgan fingerprint density at radius 3 is 2.57 bits per heavy atom. The van der Waals surface area contributed by atoms with Crippen molar-refractivity contribution in [1.82, 2.24) is 0 Å². The number of benzene rings is 2. The van der Waals surface area contributed by atoms with Crippen molar-refractivity contribution >= 4 is 22.8 Å². The molecule has 3 rings (SSSR count). The van der Waals surface area contributed by atoms with E-state index in [9.17, 15) is 9.59 Å². The molecule has 3 heteroatoms. The molecular weight excluding hydrogens is 288 g/mol. The van der Waals surface area contributed by atoms with Gasteiger partial charge in [0.05, 0.1) is 0 Å². The van der Waals surface area contributed by atoms with Gasteiger partial charge in [-0.2, -0.15) is 0 Å². The number of allylic oxidation sites excluding steroid dienone is 1. The third-order valence-electron chi connectivity index (χ3n) is 3.72. The first-order valence-electron chi connectivity index (χ1n) is 7.51. The number of hydrogen-bond acceptors (Lipinski definition) is 3. The first kappa shape index (κ1) is 15.0. The lowest BCUT2D eigenvalue weighted by Gasteiger charge is -1.99. The van der Waals surface area contributed by atoms with Crippen molar-refractivity contribution in [3.63, 3.8) is 0 Å². The zero-order valence-electron chi connectivity index (χ0n) is 12.8. The number of carbonyl (C=O) groups is 1. The predicted molar refractivity (Wildman–Crippen MR) is 91.7 cm³/mol. The molecule has 23 heavy (non-hydrogen) atoms. The minimum Gasteiger partial charge on any atom is -0.422 e. The van der Waals surface area contributed by atoms with Gasteiger partial charge in [0.15, 0.2) is 5.78 Å². The molecule has 2 aromatic carbocycles. The molecular formula is C20H16O3. The van der Waals surface area contributed by atoms with E-state index in [1.165, 1.54) is 11.6 Å². The Balaban J connectivity index is 1.89. The van der Waals surface area contributed by atoms with Gasteiger partial charge in [0.25, 0.3) is 0 Å². The van der Waals surface area contributed by atoms with Crippen LogP contribution in [0.4, 0.5) is 0 Å². The monoisotopic (exact) mass is 304 g/mol. The number of rotatable bonds is 4. The summed E-state index contributed by atoms with van der Waals surface area (Å²) in [5.74, 6) is -0.357. The number of para-hydroxylation sites is 1. The highest BCUT2D eigenvalue weighted by molar-refractivity contribution is 6.07. The van der Waals surface area contributed by atoms with Crippen molar-refractivity contribution in [2.24, 2.45) is 0 Å². The van der Waals surface area contributed by atoms with E-state index >= 15 is 0 Å². The van der Waals surface area contributed by atoms with E-state index in [-0.39, 0.29) is 11.3 Å². The maximum atomic E-state index is 12.3. The summed E-state index contributed by atoms with van der Waals surface area (Å²) in [6, 6.07) is 16.7. The molecule has 114 valence electrons. The Kier molecular flexibility index (Phi) is 4.20. The van der Waals surface area contributed by atoms with Gasteiger partial charge in [-0.25, -0.2) is 4.79 Å². The van der Waals surface area contributed by atoms with Gasteiger partial charge in [-0.1, -0.05) is 55.5 Å². The van der Waals surface area contributed by atoms with E-state index in [1.807, 2.05) is 36.4 Å². The molecule has 0 amide bonds. The molecule has 1 aromatic heterocycles. The maximum Gasteiger partial charge on any atom is 0.347 e. The highest BCUT2D eigenvalue weighted by atomic mass is 16.4. The number of hydrogen-bond donors (Lipinski definition) is 0. The molecule has 0 fully saturated rings. The summed E-state index contributed by atoms with van der Waals surface area (Å²) in [6.07, 6.45) is 4.08. The fourth-order valence-corrected chi connectivity index (χ4v) is 2.36. The number of aryl methyl sites for hydroxylation is 1. The second kappa shape index (κ2) is 6.44. The highest BCUT2D eigenvalue weighted by Gasteiger charge is 2.10. The van der Waals surface area contributed by atoms with Crippen molar-refractivity contribution in [3.05, 3.63) is 87.8 Å². The molecule has 0 aliphatic heterocycles. The van der Waals surface area contributed by atoms with E-state index in [2.05, 4.69) is 6.92 Å². The Labute approximate surface area is 133 Å². The summed E-state index contributed by atoms with van der Waals surface area (Å²) in [6.45, 7) is 2.09. The summed E-state index contributed by atoms with van der Waals surface area (Å²) in [5.41, 5.74) is 2.07. The summed E-state index contributed by atoms with van der Waals surface area (Å²) in [7, 11) is 0. The lowest BCUT2D eigenvalue weighted by molar-refractivity contribution is 0.104. The summed E-state index contributed by atoms with van der Waals surface area (Å²) < 4.78 is 5.19. The molecule has 0 aliphatic carbocycles. The number of ketones is 1. The molecule has 0 spiro atoms. The van der Waals surface area contributed by atoms with Crippen LogP contribution >= 0.6 is 0 Å². The van der Waals surface area contributed by atoms with E-state index in [0.29, 0.717) is 5.58 Å². The van der Waals surface area contributed by atoms with Crippen LogP contribution in [0.25, 0.3) is 17.0 Å². The molecule has 0 radical (unpaired) electrons. The summed E-state index contributed by atoms with van der Waals surface area (Å²) >= 11 is 0. The second-order valence-electron chi connectivity index (χ2n) is 5.28. The van der Waals surface area contributed by atoms with Crippen molar-refractivity contribution in [1.29, 1.82) is 0 Å². The van der Waals surface area contributed by atoms with Crippen molar-refractivity contribution in [2.45, 2.75) is 13.3 Å². The minimum atomic E-state index is -0.611. The van der Waals surface area contributed by atoms with Crippen molar-refractivity contribution < 1.29 is 9.21 Å². The predicted octanol–water partition coefficient (Wildman–Crippen LogP) is 4.25. The van der Waals surface area contributed by atoms with Crippen molar-refractivity contribution in [2.75, 3.05) is 0 Å². The highest BCUT2D eigenvalue weighted by Crippen LogP contribution is 2.13. The van der Waals surface area contributed by atoms with Gasteiger partial charge >= 0.3 is 5.63 Å². The summed E-state index contributed by atoms with van der Waals surface area (Å²) in [4.78, 5) is 24.2. The maximum absolute atomic E-state index is 12.3. The molecule has 3 nitrogen and oxygen atoms in total. The molecule has 0 N–H and O–H groups in total. The fourth-order valence-electron chi connectivity index (χ4n) is 2.36. The topological polar surface area (TPSA) is 47.3 Å². The molecule has 0 aliphatic rings. The fraction of sp³-hybridized carbons (Fsp3) is 0.100. The molecule has 0 saturated carbocycles. The first-order valence-corrected chi connectivity index (χ1v) is 7.51. The van der Waals surface area contributed by atoms with Gasteiger partial charge in [0.2, 0.25) is 0 Å². The third-order valence-corrected chi connectivity index (χ3v) is 3.72. The quantitative estimate of drug-likeness (QED) is 0.411. The van der Waals surface area contributed by atoms with Crippen LogP contribution in [0, 0.1) is 0 Å². The zero-order chi connectivity index (χ0) is 16.2. The van der Waals surface area contributed by atoms with Gasteiger partial charge < -0.3 is 4.42 Å². The first-order chi connectivity index (χ1) is 11.2. The van der Waals surface area contributed by atoms with E-state index in [4.69, 9.17) is 4.42 Å². The average Bonchev–Trinajstić information content (AvgIpc) is 2.59. The SMILES string of the molecule is CCc1ccc(C=CC(=O)c2cc3ccccc3oc2=O)cc1. The van der Waals surface area contributed by atoms with Gasteiger partial charge in [-0.3, -0.25) is 4.79 Å². The van der Waals surface area contributed by atoms with E-state index in [0.717, 1.165) is 17.4 Å². The Hall–Kier alpha value is -2.94. The van der Waals surface area contributed by atoms with Crippen LogP contribution in [0.5, 0.6) is 0 Å². The van der Waals surface area contributed by atoms with Crippen LogP contribution < -0.4 is 5.63 Å². The number of fused-ring (bicyclic) bond motifs is 1. The van der Waals surface area contributed by atoms with Crippen LogP contribution in [0.2, 0.25) is 0 Å². The lowest BCUT2D eigenvalue weighted by atomic mass is 10.1. The lowest BCUT2D eigenvalue weighted by Crippen LogP contribution is -2.11. The van der Waals surface area contributed by atoms with Crippen LogP contribution in [-0.2, 0) is 6.42 Å². The van der Waals surface area contributed by atoms with Crippen LogP contribution in [0.3, 0.4) is 0 Å². The van der Waals surface area contributed by atoms with Crippen LogP contribution in [0.15, 0.2) is 69.9 Å². The van der Waals surface area contributed by atoms with Crippen LogP contribution in [-0.4, -0.2) is 5.78 Å². The van der Waals surface area contributed by atoms with Gasteiger partial charge in [-0.15, -0.1) is 0 Å². The zero-order valence-corrected chi connectivity index (χ0v) is 12.8. The molecule has 0 unspecified atom stereocenters. The van der Waals surface area contributed by atoms with E-state index in [1.54, 1.807) is 24.3 Å². The Morgan fingerprint density at radius 2 is 1.83 bits per heavy atom. The van der Waals surface area contributed by atoms with Crippen LogP contribution in [0.1, 0.15) is 28.4 Å². The largest absolute Gasteiger partial charge is 0.422 e. The normalized spacial score (nSPS) is 11.2. The van der Waals surface area contributed by atoms with Gasteiger partial charge in [-0.05, 0) is 35.8 Å². The van der Waals surface area contributed by atoms with Gasteiger partial charge in [0, 0.05) is 5.39 Å². The van der Waals surface area contributed by atoms with E-state index < -0.39 is 5.63 Å². The third kappa shape index (κ3) is 3.29. The Morgan fingerprint density at radius 1 is 1.09 bits per heavy atom. The smallest absolute Gasteiger partial charge is 0.347 e. The minimum absolute atomic E-state index is 0.0464. The molecule has 0 atom stereocenters. The molecule has 0 bridgehead atoms. The standard InChI is InChI=1S/C20H16O3/c1-2-14-7-9-15(10-8-14)11-12-18(21)17-13-16-5-3-4-6-19(16)23-20(17)22/h3-13H,2H2,1H3. The molecule has 1 heterocycles. The molecule has 3 aromatic rings. The summed E-state index contributed by atoms with van der Waals surface area (Å²) in [5, 5.41) is 0.733. The molecule has 0 saturated heterocycles. The Bertz CT molecular complexity index is 931. The van der Waals surface area contributed by atoms with Crippen molar-refractivity contribution in [3.8, 4) is 0 Å². The van der Waals surface area contributed by atoms with Gasteiger partial charge in [0.1, 0.15) is 11.1 Å². The second-order valence-corrected chi connectivity index (χ2v) is 5.28. The average molecular weight is 304 g/mol.